The summed E-state index contributed by atoms with van der Waals surface area (Å²) in [5.41, 5.74) is 1.15. The van der Waals surface area contributed by atoms with Crippen molar-refractivity contribution < 1.29 is 13.5 Å². The summed E-state index contributed by atoms with van der Waals surface area (Å²) in [6, 6.07) is 11.2. The first-order valence-electron chi connectivity index (χ1n) is 6.79. The van der Waals surface area contributed by atoms with E-state index in [-0.39, 0.29) is 11.6 Å². The van der Waals surface area contributed by atoms with Gasteiger partial charge >= 0.3 is 0 Å². The van der Waals surface area contributed by atoms with Gasteiger partial charge in [-0.05, 0) is 29.8 Å². The first-order valence-corrected chi connectivity index (χ1v) is 7.77. The minimum absolute atomic E-state index is 0.202. The molecule has 0 unspecified atom stereocenters. The van der Waals surface area contributed by atoms with Crippen LogP contribution in [0.25, 0.3) is 5.69 Å². The zero-order valence-electron chi connectivity index (χ0n) is 12.2. The van der Waals surface area contributed by atoms with Gasteiger partial charge in [-0.2, -0.15) is 0 Å². The zero-order valence-corrected chi connectivity index (χ0v) is 13.1. The van der Waals surface area contributed by atoms with E-state index in [0.29, 0.717) is 16.6 Å². The fraction of sp³-hybridized carbons (Fsp3) is 0.125. The summed E-state index contributed by atoms with van der Waals surface area (Å²) >= 11 is 1.35. The van der Waals surface area contributed by atoms with E-state index in [1.807, 2.05) is 0 Å². The maximum atomic E-state index is 13.9. The van der Waals surface area contributed by atoms with Gasteiger partial charge in [0, 0.05) is 5.75 Å². The van der Waals surface area contributed by atoms with Crippen LogP contribution in [0.3, 0.4) is 0 Å². The van der Waals surface area contributed by atoms with Crippen LogP contribution >= 0.6 is 11.8 Å². The predicted molar refractivity (Wildman–Crippen MR) is 83.8 cm³/mol. The Labute approximate surface area is 136 Å². The highest BCUT2D eigenvalue weighted by molar-refractivity contribution is 7.98. The van der Waals surface area contributed by atoms with Gasteiger partial charge in [-0.25, -0.2) is 8.78 Å². The molecule has 0 aliphatic carbocycles. The topological polar surface area (TPSA) is 39.9 Å². The van der Waals surface area contributed by atoms with Crippen molar-refractivity contribution in [3.05, 3.63) is 66.0 Å². The summed E-state index contributed by atoms with van der Waals surface area (Å²) in [6.07, 6.45) is 1.45. The van der Waals surface area contributed by atoms with Crippen molar-refractivity contribution in [2.45, 2.75) is 10.9 Å². The summed E-state index contributed by atoms with van der Waals surface area (Å²) < 4.78 is 34.0. The van der Waals surface area contributed by atoms with E-state index in [1.54, 1.807) is 34.9 Å². The van der Waals surface area contributed by atoms with Crippen molar-refractivity contribution in [2.24, 2.45) is 0 Å². The van der Waals surface area contributed by atoms with Crippen LogP contribution in [0, 0.1) is 11.6 Å². The third-order valence-electron chi connectivity index (χ3n) is 3.21. The number of para-hydroxylation sites is 1. The molecule has 0 spiro atoms. The molecule has 0 atom stereocenters. The molecule has 23 heavy (non-hydrogen) atoms. The minimum Gasteiger partial charge on any atom is -0.494 e. The van der Waals surface area contributed by atoms with E-state index in [9.17, 15) is 8.78 Å². The van der Waals surface area contributed by atoms with Gasteiger partial charge in [0.1, 0.15) is 12.1 Å². The average molecular weight is 333 g/mol. The number of aromatic nitrogens is 3. The van der Waals surface area contributed by atoms with Gasteiger partial charge in [0.05, 0.1) is 12.8 Å². The van der Waals surface area contributed by atoms with Crippen LogP contribution in [-0.2, 0) is 5.75 Å². The Bertz CT molecular complexity index is 823. The molecule has 3 aromatic rings. The fourth-order valence-corrected chi connectivity index (χ4v) is 2.95. The molecule has 1 heterocycles. The molecule has 0 saturated carbocycles. The van der Waals surface area contributed by atoms with Gasteiger partial charge in [-0.1, -0.05) is 30.0 Å². The Morgan fingerprint density at radius 1 is 1.13 bits per heavy atom. The van der Waals surface area contributed by atoms with Crippen LogP contribution < -0.4 is 4.74 Å². The summed E-state index contributed by atoms with van der Waals surface area (Å²) in [7, 11) is 1.42. The Morgan fingerprint density at radius 3 is 2.70 bits per heavy atom. The van der Waals surface area contributed by atoms with Crippen molar-refractivity contribution >= 4 is 11.8 Å². The number of thioether (sulfide) groups is 1. The second-order valence-corrected chi connectivity index (χ2v) is 5.64. The molecule has 0 aliphatic heterocycles. The Kier molecular flexibility index (Phi) is 4.57. The lowest BCUT2D eigenvalue weighted by Crippen LogP contribution is -1.98. The molecular formula is C16H13F2N3OS. The highest BCUT2D eigenvalue weighted by atomic mass is 32.2. The van der Waals surface area contributed by atoms with E-state index in [0.717, 1.165) is 5.56 Å². The molecule has 7 heteroatoms. The highest BCUT2D eigenvalue weighted by Gasteiger charge is 2.11. The first kappa shape index (κ1) is 15.5. The summed E-state index contributed by atoms with van der Waals surface area (Å²) in [5.74, 6) is -0.0901. The molecule has 0 saturated heterocycles. The molecular weight excluding hydrogens is 320 g/mol. The van der Waals surface area contributed by atoms with Crippen molar-refractivity contribution in [3.63, 3.8) is 0 Å². The molecule has 3 rings (SSSR count). The number of benzene rings is 2. The number of hydrogen-bond donors (Lipinski definition) is 0. The SMILES string of the molecule is COc1ccc(CSc2nncn2-c2ccccc2F)cc1F. The third kappa shape index (κ3) is 3.34. The fourth-order valence-electron chi connectivity index (χ4n) is 2.08. The maximum Gasteiger partial charge on any atom is 0.196 e. The predicted octanol–water partition coefficient (Wildman–Crippen LogP) is 3.85. The second kappa shape index (κ2) is 6.78. The lowest BCUT2D eigenvalue weighted by atomic mass is 10.2. The number of ether oxygens (including phenoxy) is 1. The zero-order chi connectivity index (χ0) is 16.2. The summed E-state index contributed by atoms with van der Waals surface area (Å²) in [4.78, 5) is 0. The minimum atomic E-state index is -0.416. The normalized spacial score (nSPS) is 10.7. The van der Waals surface area contributed by atoms with Gasteiger partial charge in [0.15, 0.2) is 16.7 Å². The number of nitrogens with zero attached hydrogens (tertiary/aromatic N) is 3. The number of rotatable bonds is 5. The lowest BCUT2D eigenvalue weighted by Gasteiger charge is -2.08. The van der Waals surface area contributed by atoms with Gasteiger partial charge in [-0.3, -0.25) is 4.57 Å². The van der Waals surface area contributed by atoms with Crippen LogP contribution in [0.15, 0.2) is 53.9 Å². The Morgan fingerprint density at radius 2 is 1.96 bits per heavy atom. The van der Waals surface area contributed by atoms with Crippen molar-refractivity contribution in [1.82, 2.24) is 14.8 Å². The van der Waals surface area contributed by atoms with Gasteiger partial charge < -0.3 is 4.74 Å². The second-order valence-electron chi connectivity index (χ2n) is 4.69. The molecule has 0 radical (unpaired) electrons. The average Bonchev–Trinajstić information content (AvgIpc) is 3.02. The summed E-state index contributed by atoms with van der Waals surface area (Å²) in [5, 5.41) is 8.36. The van der Waals surface area contributed by atoms with Crippen molar-refractivity contribution in [1.29, 1.82) is 0 Å². The quantitative estimate of drug-likeness (QED) is 0.665. The van der Waals surface area contributed by atoms with Crippen molar-refractivity contribution in [3.8, 4) is 11.4 Å². The number of hydrogen-bond acceptors (Lipinski definition) is 4. The van der Waals surface area contributed by atoms with Crippen LogP contribution in [0.5, 0.6) is 5.75 Å². The van der Waals surface area contributed by atoms with Crippen molar-refractivity contribution in [2.75, 3.05) is 7.11 Å². The van der Waals surface area contributed by atoms with E-state index < -0.39 is 5.82 Å². The molecule has 118 valence electrons. The maximum absolute atomic E-state index is 13.9. The first-order chi connectivity index (χ1) is 11.2. The van der Waals surface area contributed by atoms with Crippen LogP contribution in [-0.4, -0.2) is 21.9 Å². The Hall–Kier alpha value is -2.41. The molecule has 0 N–H and O–H groups in total. The molecule has 0 amide bonds. The smallest absolute Gasteiger partial charge is 0.196 e. The monoisotopic (exact) mass is 333 g/mol. The number of halogens is 2. The molecule has 4 nitrogen and oxygen atoms in total. The third-order valence-corrected chi connectivity index (χ3v) is 4.23. The molecule has 0 bridgehead atoms. The molecule has 0 fully saturated rings. The summed E-state index contributed by atoms with van der Waals surface area (Å²) in [6.45, 7) is 0. The molecule has 1 aromatic heterocycles. The van der Waals surface area contributed by atoms with Gasteiger partial charge in [-0.15, -0.1) is 10.2 Å². The number of methoxy groups -OCH3 is 1. The van der Waals surface area contributed by atoms with Crippen LogP contribution in [0.4, 0.5) is 8.78 Å². The van der Waals surface area contributed by atoms with E-state index >= 15 is 0 Å². The van der Waals surface area contributed by atoms with E-state index in [2.05, 4.69) is 10.2 Å². The van der Waals surface area contributed by atoms with E-state index in [4.69, 9.17) is 4.74 Å². The Balaban J connectivity index is 1.79. The van der Waals surface area contributed by atoms with Crippen LogP contribution in [0.2, 0.25) is 0 Å². The van der Waals surface area contributed by atoms with Gasteiger partial charge in [0.2, 0.25) is 0 Å². The molecule has 2 aromatic carbocycles. The molecule has 0 aliphatic rings. The lowest BCUT2D eigenvalue weighted by molar-refractivity contribution is 0.386. The van der Waals surface area contributed by atoms with E-state index in [1.165, 1.54) is 37.3 Å². The standard InChI is InChI=1S/C16H13F2N3OS/c1-22-15-7-6-11(8-13(15)18)9-23-16-20-19-10-21(16)14-5-3-2-4-12(14)17/h2-8,10H,9H2,1H3. The highest BCUT2D eigenvalue weighted by Crippen LogP contribution is 2.26. The van der Waals surface area contributed by atoms with Gasteiger partial charge in [0.25, 0.3) is 0 Å². The largest absolute Gasteiger partial charge is 0.494 e. The van der Waals surface area contributed by atoms with Crippen LogP contribution in [0.1, 0.15) is 5.56 Å².